The molecule has 2 atom stereocenters. The predicted octanol–water partition coefficient (Wildman–Crippen LogP) is 4.17. The third-order valence-corrected chi connectivity index (χ3v) is 5.41. The van der Waals surface area contributed by atoms with Crippen LogP contribution in [0.2, 0.25) is 0 Å². The molecule has 5 nitrogen and oxygen atoms in total. The summed E-state index contributed by atoms with van der Waals surface area (Å²) >= 11 is 6.09. The molecule has 140 valence electrons. The fourth-order valence-corrected chi connectivity index (χ4v) is 3.61. The number of allylic oxidation sites excluding steroid dienone is 3. The average Bonchev–Trinajstić information content (AvgIpc) is 3.12. The van der Waals surface area contributed by atoms with E-state index >= 15 is 0 Å². The molecule has 1 heterocycles. The Hall–Kier alpha value is -1.92. The normalized spacial score (nSPS) is 19.8. The van der Waals surface area contributed by atoms with Crippen LogP contribution in [-0.4, -0.2) is 27.9 Å². The summed E-state index contributed by atoms with van der Waals surface area (Å²) in [6, 6.07) is 9.93. The van der Waals surface area contributed by atoms with Gasteiger partial charge in [-0.2, -0.15) is 5.10 Å². The van der Waals surface area contributed by atoms with Crippen LogP contribution in [0, 0.1) is 5.92 Å². The SMILES string of the molecule is C/C=C\C(=C(/C)Cl)S(=O)NC(=NCc1ccccc1)N1CC(CC)C=N1. The van der Waals surface area contributed by atoms with Crippen molar-refractivity contribution in [2.45, 2.75) is 33.7 Å². The number of rotatable bonds is 6. The summed E-state index contributed by atoms with van der Waals surface area (Å²) in [5.41, 5.74) is 1.07. The molecule has 2 rings (SSSR count). The third kappa shape index (κ3) is 5.81. The molecule has 0 bridgehead atoms. The van der Waals surface area contributed by atoms with Crippen LogP contribution >= 0.6 is 11.6 Å². The first kappa shape index (κ1) is 20.4. The highest BCUT2D eigenvalue weighted by atomic mass is 35.5. The van der Waals surface area contributed by atoms with Gasteiger partial charge in [0.15, 0.2) is 11.0 Å². The van der Waals surface area contributed by atoms with E-state index in [1.807, 2.05) is 49.5 Å². The molecule has 0 saturated heterocycles. The maximum absolute atomic E-state index is 12.8. The van der Waals surface area contributed by atoms with Gasteiger partial charge in [-0.25, -0.2) is 14.2 Å². The largest absolute Gasteiger partial charge is 0.270 e. The van der Waals surface area contributed by atoms with Crippen molar-refractivity contribution in [2.24, 2.45) is 16.0 Å². The molecule has 0 amide bonds. The van der Waals surface area contributed by atoms with E-state index in [2.05, 4.69) is 21.7 Å². The molecule has 1 N–H and O–H groups in total. The quantitative estimate of drug-likeness (QED) is 0.448. The van der Waals surface area contributed by atoms with Crippen molar-refractivity contribution < 1.29 is 4.21 Å². The summed E-state index contributed by atoms with van der Waals surface area (Å²) in [5, 5.41) is 6.67. The summed E-state index contributed by atoms with van der Waals surface area (Å²) in [7, 11) is -1.52. The zero-order valence-electron chi connectivity index (χ0n) is 15.4. The number of nitrogens with zero attached hydrogens (tertiary/aromatic N) is 3. The van der Waals surface area contributed by atoms with E-state index in [1.165, 1.54) is 0 Å². The maximum Gasteiger partial charge on any atom is 0.227 e. The van der Waals surface area contributed by atoms with Crippen molar-refractivity contribution in [1.82, 2.24) is 9.73 Å². The summed E-state index contributed by atoms with van der Waals surface area (Å²) in [6.45, 7) is 6.90. The number of benzene rings is 1. The van der Waals surface area contributed by atoms with Crippen LogP contribution in [-0.2, 0) is 17.5 Å². The van der Waals surface area contributed by atoms with E-state index in [9.17, 15) is 4.21 Å². The summed E-state index contributed by atoms with van der Waals surface area (Å²) in [4.78, 5) is 5.15. The highest BCUT2D eigenvalue weighted by Crippen LogP contribution is 2.16. The molecule has 0 radical (unpaired) electrons. The Morgan fingerprint density at radius 2 is 2.19 bits per heavy atom. The minimum Gasteiger partial charge on any atom is -0.270 e. The Labute approximate surface area is 163 Å². The first-order chi connectivity index (χ1) is 12.5. The molecule has 26 heavy (non-hydrogen) atoms. The summed E-state index contributed by atoms with van der Waals surface area (Å²) in [5.74, 6) is 0.854. The molecule has 7 heteroatoms. The molecule has 1 aromatic rings. The molecule has 0 aliphatic carbocycles. The van der Waals surface area contributed by atoms with Crippen LogP contribution in [0.5, 0.6) is 0 Å². The van der Waals surface area contributed by atoms with E-state index in [4.69, 9.17) is 11.6 Å². The van der Waals surface area contributed by atoms with Gasteiger partial charge in [-0.15, -0.1) is 0 Å². The topological polar surface area (TPSA) is 57.1 Å². The predicted molar refractivity (Wildman–Crippen MR) is 111 cm³/mol. The van der Waals surface area contributed by atoms with Crippen LogP contribution in [0.15, 0.2) is 62.5 Å². The fourth-order valence-electron chi connectivity index (χ4n) is 2.38. The number of hydrogen-bond acceptors (Lipinski definition) is 3. The molecule has 0 fully saturated rings. The lowest BCUT2D eigenvalue weighted by Crippen LogP contribution is -2.39. The first-order valence-electron chi connectivity index (χ1n) is 8.62. The molecule has 0 saturated carbocycles. The average molecular weight is 393 g/mol. The van der Waals surface area contributed by atoms with Gasteiger partial charge < -0.3 is 0 Å². The second kappa shape index (κ2) is 10.3. The number of hydrogen-bond donors (Lipinski definition) is 1. The van der Waals surface area contributed by atoms with Crippen molar-refractivity contribution in [3.05, 3.63) is 58.0 Å². The van der Waals surface area contributed by atoms with Gasteiger partial charge in [-0.3, -0.25) is 4.72 Å². The van der Waals surface area contributed by atoms with Crippen LogP contribution in [0.3, 0.4) is 0 Å². The Balaban J connectivity index is 2.22. The number of aliphatic imine (C=N–C) groups is 1. The Kier molecular flexibility index (Phi) is 8.06. The fraction of sp³-hybridized carbons (Fsp3) is 0.368. The zero-order valence-corrected chi connectivity index (χ0v) is 16.9. The Bertz CT molecular complexity index is 739. The lowest BCUT2D eigenvalue weighted by atomic mass is 10.1. The lowest BCUT2D eigenvalue weighted by molar-refractivity contribution is 0.430. The monoisotopic (exact) mass is 392 g/mol. The molecule has 1 aliphatic heterocycles. The van der Waals surface area contributed by atoms with Gasteiger partial charge in [0.25, 0.3) is 0 Å². The third-order valence-electron chi connectivity index (χ3n) is 3.89. The van der Waals surface area contributed by atoms with Gasteiger partial charge in [0.2, 0.25) is 5.96 Å². The summed E-state index contributed by atoms with van der Waals surface area (Å²) < 4.78 is 15.7. The van der Waals surface area contributed by atoms with Crippen LogP contribution in [0.4, 0.5) is 0 Å². The highest BCUT2D eigenvalue weighted by molar-refractivity contribution is 7.88. The van der Waals surface area contributed by atoms with Gasteiger partial charge >= 0.3 is 0 Å². The van der Waals surface area contributed by atoms with E-state index in [-0.39, 0.29) is 0 Å². The van der Waals surface area contributed by atoms with Crippen LogP contribution in [0.1, 0.15) is 32.8 Å². The van der Waals surface area contributed by atoms with Crippen LogP contribution < -0.4 is 4.72 Å². The van der Waals surface area contributed by atoms with Gasteiger partial charge in [-0.05, 0) is 31.9 Å². The standard InChI is InChI=1S/C19H25ClN4OS/c1-4-9-18(15(3)20)26(25)23-19(24-14-16(5-2)13-22-24)21-12-17-10-7-6-8-11-17/h4,6-11,13,16H,5,12,14H2,1-3H3,(H,21,23)/b9-4-,18-15-. The van der Waals surface area contributed by atoms with Gasteiger partial charge in [0, 0.05) is 17.2 Å². The Morgan fingerprint density at radius 3 is 2.77 bits per heavy atom. The number of guanidine groups is 1. The van der Waals surface area contributed by atoms with Crippen molar-refractivity contribution in [1.29, 1.82) is 0 Å². The first-order valence-corrected chi connectivity index (χ1v) is 10.2. The second-order valence-corrected chi connectivity index (χ2v) is 7.66. The van der Waals surface area contributed by atoms with Crippen molar-refractivity contribution in [3.8, 4) is 0 Å². The van der Waals surface area contributed by atoms with E-state index in [1.54, 1.807) is 18.0 Å². The lowest BCUT2D eigenvalue weighted by Gasteiger charge is -2.19. The molecule has 0 aromatic heterocycles. The maximum atomic E-state index is 12.8. The second-order valence-electron chi connectivity index (χ2n) is 5.91. The van der Waals surface area contributed by atoms with E-state index in [0.29, 0.717) is 28.4 Å². The van der Waals surface area contributed by atoms with Crippen LogP contribution in [0.25, 0.3) is 0 Å². The van der Waals surface area contributed by atoms with E-state index in [0.717, 1.165) is 18.5 Å². The van der Waals surface area contributed by atoms with Gasteiger partial charge in [0.1, 0.15) is 0 Å². The number of nitrogens with one attached hydrogen (secondary N) is 1. The summed E-state index contributed by atoms with van der Waals surface area (Å²) in [6.07, 6.45) is 6.46. The number of hydrazone groups is 1. The molecular formula is C19H25ClN4OS. The molecule has 1 aromatic carbocycles. The van der Waals surface area contributed by atoms with Crippen molar-refractivity contribution >= 4 is 34.8 Å². The molecule has 0 spiro atoms. The minimum atomic E-state index is -1.52. The number of halogens is 1. The molecule has 1 aliphatic rings. The minimum absolute atomic E-state index is 0.368. The van der Waals surface area contributed by atoms with Crippen molar-refractivity contribution in [3.63, 3.8) is 0 Å². The van der Waals surface area contributed by atoms with E-state index < -0.39 is 11.0 Å². The molecular weight excluding hydrogens is 368 g/mol. The molecule has 2 unspecified atom stereocenters. The zero-order chi connectivity index (χ0) is 18.9. The highest BCUT2D eigenvalue weighted by Gasteiger charge is 2.22. The van der Waals surface area contributed by atoms with Crippen molar-refractivity contribution in [2.75, 3.05) is 6.54 Å². The smallest absolute Gasteiger partial charge is 0.227 e. The van der Waals surface area contributed by atoms with Gasteiger partial charge in [0.05, 0.1) is 18.0 Å². The van der Waals surface area contributed by atoms with Gasteiger partial charge in [-0.1, -0.05) is 54.9 Å². The Morgan fingerprint density at radius 1 is 1.46 bits per heavy atom.